The molecule has 0 radical (unpaired) electrons. The number of carbonyl (C=O) groups excluding carboxylic acids is 6. The first-order valence-electron chi connectivity index (χ1n) is 16.0. The van der Waals surface area contributed by atoms with Gasteiger partial charge < -0.3 is 31.9 Å². The first kappa shape index (κ1) is 38.8. The highest BCUT2D eigenvalue weighted by Crippen LogP contribution is 2.33. The molecule has 1 saturated carbocycles. The number of urea groups is 1. The Labute approximate surface area is 263 Å². The minimum atomic E-state index is -1.10. The molecule has 4 unspecified atom stereocenters. The van der Waals surface area contributed by atoms with Gasteiger partial charge in [-0.2, -0.15) is 0 Å². The van der Waals surface area contributed by atoms with Gasteiger partial charge in [-0.1, -0.05) is 74.7 Å². The van der Waals surface area contributed by atoms with E-state index in [4.69, 9.17) is 5.73 Å². The largest absolute Gasteiger partial charge is 0.363 e. The molecule has 6 N–H and O–H groups in total. The van der Waals surface area contributed by atoms with E-state index in [0.29, 0.717) is 19.4 Å². The second-order valence-electron chi connectivity index (χ2n) is 14.6. The molecule has 12 heteroatoms. The Balaban J connectivity index is 0.00000227. The molecular formula is C32H58N6O6. The van der Waals surface area contributed by atoms with Gasteiger partial charge in [0.1, 0.15) is 12.1 Å². The fourth-order valence-electron chi connectivity index (χ4n) is 5.11. The Morgan fingerprint density at radius 2 is 1.45 bits per heavy atom. The lowest BCUT2D eigenvalue weighted by Gasteiger charge is -2.36. The van der Waals surface area contributed by atoms with Crippen LogP contribution in [0.2, 0.25) is 0 Å². The van der Waals surface area contributed by atoms with Crippen LogP contribution in [0.3, 0.4) is 0 Å². The number of nitrogens with one attached hydrogen (secondary N) is 4. The van der Waals surface area contributed by atoms with E-state index in [1.54, 1.807) is 34.6 Å². The van der Waals surface area contributed by atoms with Crippen LogP contribution in [-0.2, 0) is 24.0 Å². The van der Waals surface area contributed by atoms with Crippen molar-refractivity contribution in [2.75, 3.05) is 13.1 Å². The highest BCUT2D eigenvalue weighted by Gasteiger charge is 2.46. The zero-order valence-corrected chi connectivity index (χ0v) is 28.5. The first-order chi connectivity index (χ1) is 20.2. The summed E-state index contributed by atoms with van der Waals surface area (Å²) in [4.78, 5) is 77.8. The Morgan fingerprint density at radius 1 is 0.886 bits per heavy atom. The van der Waals surface area contributed by atoms with Crippen molar-refractivity contribution in [3.8, 4) is 0 Å². The topological polar surface area (TPSA) is 180 Å². The Hall–Kier alpha value is -3.18. The van der Waals surface area contributed by atoms with E-state index < -0.39 is 53.1 Å². The van der Waals surface area contributed by atoms with E-state index in [2.05, 4.69) is 42.0 Å². The van der Waals surface area contributed by atoms with Crippen LogP contribution in [-0.4, -0.2) is 77.6 Å². The lowest BCUT2D eigenvalue weighted by molar-refractivity contribution is -0.143. The summed E-state index contributed by atoms with van der Waals surface area (Å²) in [6.45, 7) is 19.6. The monoisotopic (exact) mass is 622 g/mol. The third kappa shape index (κ3) is 12.8. The second kappa shape index (κ2) is 17.3. The van der Waals surface area contributed by atoms with Gasteiger partial charge in [0, 0.05) is 12.6 Å². The highest BCUT2D eigenvalue weighted by atomic mass is 16.2. The Bertz CT molecular complexity index is 1010. The summed E-state index contributed by atoms with van der Waals surface area (Å²) in [6.07, 6.45) is 3.59. The number of Topliss-reactive ketones (excluding diaryl/α,β-unsaturated/α-hetero) is 1. The lowest BCUT2D eigenvalue weighted by Crippen LogP contribution is -2.60. The molecule has 4 atom stereocenters. The third-order valence-corrected chi connectivity index (χ3v) is 7.78. The molecule has 2 aliphatic rings. The molecule has 1 aliphatic carbocycles. The van der Waals surface area contributed by atoms with Crippen molar-refractivity contribution < 1.29 is 28.8 Å². The summed E-state index contributed by atoms with van der Waals surface area (Å²) in [5, 5.41) is 10.6. The van der Waals surface area contributed by atoms with Crippen LogP contribution < -0.4 is 27.0 Å². The van der Waals surface area contributed by atoms with Crippen molar-refractivity contribution >= 4 is 35.4 Å². The number of primary amides is 1. The summed E-state index contributed by atoms with van der Waals surface area (Å²) in [6, 6.07) is -3.68. The molecule has 1 heterocycles. The Kier molecular flexibility index (Phi) is 15.3. The summed E-state index contributed by atoms with van der Waals surface area (Å²) in [7, 11) is 0. The van der Waals surface area contributed by atoms with Gasteiger partial charge in [-0.05, 0) is 55.8 Å². The Morgan fingerprint density at radius 3 is 1.89 bits per heavy atom. The van der Waals surface area contributed by atoms with Gasteiger partial charge in [-0.15, -0.1) is 0 Å². The molecule has 2 fully saturated rings. The van der Waals surface area contributed by atoms with E-state index in [1.165, 1.54) is 4.90 Å². The van der Waals surface area contributed by atoms with Crippen molar-refractivity contribution in [3.05, 3.63) is 0 Å². The quantitative estimate of drug-likeness (QED) is 0.209. The van der Waals surface area contributed by atoms with Crippen LogP contribution in [0.4, 0.5) is 4.79 Å². The number of likely N-dealkylation sites (tertiary alicyclic amines) is 1. The predicted molar refractivity (Wildman–Crippen MR) is 170 cm³/mol. The SMILES string of the molecule is CC(C)C.CC(C)NC(=O)CNC(=O)NC(C(=O)N1CC(C(C)C)CC1C(=O)NC(CC1CCC1)C(=O)C(N)=O)C(C)(C)C. The van der Waals surface area contributed by atoms with E-state index in [1.807, 2.05) is 13.8 Å². The van der Waals surface area contributed by atoms with E-state index in [9.17, 15) is 28.8 Å². The van der Waals surface area contributed by atoms with Crippen molar-refractivity contribution in [2.24, 2.45) is 34.8 Å². The fraction of sp³-hybridized carbons (Fsp3) is 0.812. The number of rotatable bonds is 12. The summed E-state index contributed by atoms with van der Waals surface area (Å²) < 4.78 is 0. The van der Waals surface area contributed by atoms with Crippen molar-refractivity contribution in [1.82, 2.24) is 26.2 Å². The molecule has 0 aromatic rings. The second-order valence-corrected chi connectivity index (χ2v) is 14.6. The predicted octanol–water partition coefficient (Wildman–Crippen LogP) is 2.49. The van der Waals surface area contributed by atoms with Crippen LogP contribution in [0.15, 0.2) is 0 Å². The average molecular weight is 623 g/mol. The number of nitrogens with two attached hydrogens (primary N) is 1. The first-order valence-corrected chi connectivity index (χ1v) is 16.0. The van der Waals surface area contributed by atoms with Gasteiger partial charge >= 0.3 is 6.03 Å². The molecule has 2 rings (SSSR count). The van der Waals surface area contributed by atoms with E-state index in [-0.39, 0.29) is 36.2 Å². The van der Waals surface area contributed by atoms with Crippen LogP contribution in [0.5, 0.6) is 0 Å². The van der Waals surface area contributed by atoms with Crippen molar-refractivity contribution in [3.63, 3.8) is 0 Å². The molecule has 44 heavy (non-hydrogen) atoms. The summed E-state index contributed by atoms with van der Waals surface area (Å²) in [5.41, 5.74) is 4.54. The molecule has 12 nitrogen and oxygen atoms in total. The van der Waals surface area contributed by atoms with Crippen LogP contribution in [0, 0.1) is 29.1 Å². The van der Waals surface area contributed by atoms with Gasteiger partial charge in [0.15, 0.2) is 0 Å². The number of nitrogens with zero attached hydrogens (tertiary/aromatic N) is 1. The summed E-state index contributed by atoms with van der Waals surface area (Å²) >= 11 is 0. The third-order valence-electron chi connectivity index (χ3n) is 7.78. The number of carbonyl (C=O) groups is 6. The molecule has 1 saturated heterocycles. The zero-order valence-electron chi connectivity index (χ0n) is 28.5. The molecule has 0 spiro atoms. The minimum Gasteiger partial charge on any atom is -0.363 e. The lowest BCUT2D eigenvalue weighted by atomic mass is 9.80. The molecule has 1 aliphatic heterocycles. The zero-order chi connectivity index (χ0) is 33.9. The normalized spacial score (nSPS) is 19.8. The standard InChI is InChI=1S/C28H48N6O6.C4H10/c1-15(2)18-12-20(25(38)32-19(22(36)24(29)37)11-17-9-8-10-17)34(14-18)26(39)23(28(5,6)7)33-27(40)30-13-21(35)31-16(3)4;1-4(2)3/h15-20,23H,8-14H2,1-7H3,(H2,29,37)(H,31,35)(H,32,38)(H2,30,33,40);4H,1-3H3. The van der Waals surface area contributed by atoms with Gasteiger partial charge in [-0.3, -0.25) is 24.0 Å². The summed E-state index contributed by atoms with van der Waals surface area (Å²) in [5.74, 6) is -2.00. The molecule has 0 aromatic heterocycles. The van der Waals surface area contributed by atoms with Crippen molar-refractivity contribution in [1.29, 1.82) is 0 Å². The minimum absolute atomic E-state index is 0.0193. The maximum absolute atomic E-state index is 13.9. The molecule has 252 valence electrons. The maximum atomic E-state index is 13.9. The van der Waals surface area contributed by atoms with Gasteiger partial charge in [0.2, 0.25) is 23.5 Å². The van der Waals surface area contributed by atoms with Crippen LogP contribution in [0.1, 0.15) is 101 Å². The number of amides is 6. The molecule has 0 aromatic carbocycles. The van der Waals surface area contributed by atoms with Gasteiger partial charge in [0.05, 0.1) is 12.6 Å². The van der Waals surface area contributed by atoms with E-state index >= 15 is 0 Å². The molecular weight excluding hydrogens is 564 g/mol. The smallest absolute Gasteiger partial charge is 0.315 e. The van der Waals surface area contributed by atoms with Gasteiger partial charge in [-0.25, -0.2) is 4.79 Å². The maximum Gasteiger partial charge on any atom is 0.315 e. The van der Waals surface area contributed by atoms with E-state index in [0.717, 1.165) is 25.2 Å². The number of hydrogen-bond donors (Lipinski definition) is 5. The fourth-order valence-corrected chi connectivity index (χ4v) is 5.11. The number of hydrogen-bond acceptors (Lipinski definition) is 6. The highest BCUT2D eigenvalue weighted by molar-refractivity contribution is 6.37. The van der Waals surface area contributed by atoms with Gasteiger partial charge in [0.25, 0.3) is 5.91 Å². The average Bonchev–Trinajstić information content (AvgIpc) is 3.31. The molecule has 0 bridgehead atoms. The number of ketones is 1. The molecule has 6 amide bonds. The van der Waals surface area contributed by atoms with Crippen LogP contribution in [0.25, 0.3) is 0 Å². The van der Waals surface area contributed by atoms with Crippen molar-refractivity contribution in [2.45, 2.75) is 126 Å². The van der Waals surface area contributed by atoms with Crippen LogP contribution >= 0.6 is 0 Å².